The molecule has 3 aromatic rings. The number of rotatable bonds is 6. The molecule has 158 valence electrons. The lowest BCUT2D eigenvalue weighted by Crippen LogP contribution is -2.54. The Bertz CT molecular complexity index is 1040. The average molecular weight is 411 g/mol. The summed E-state index contributed by atoms with van der Waals surface area (Å²) in [7, 11) is 0. The molecule has 4 rings (SSSR count). The molecule has 0 spiro atoms. The van der Waals surface area contributed by atoms with Gasteiger partial charge in [-0.25, -0.2) is 14.4 Å². The number of aromatic nitrogens is 3. The van der Waals surface area contributed by atoms with E-state index in [2.05, 4.69) is 20.3 Å². The van der Waals surface area contributed by atoms with Gasteiger partial charge in [0.2, 0.25) is 5.91 Å². The van der Waals surface area contributed by atoms with Gasteiger partial charge in [0.1, 0.15) is 17.5 Å². The van der Waals surface area contributed by atoms with Crippen LogP contribution in [0, 0.1) is 12.7 Å². The number of carbonyl (C=O) groups is 1. The number of hydrogen-bond acceptors (Lipinski definition) is 5. The highest BCUT2D eigenvalue weighted by molar-refractivity contribution is 5.78. The summed E-state index contributed by atoms with van der Waals surface area (Å²) in [6.07, 6.45) is 3.50. The van der Waals surface area contributed by atoms with Gasteiger partial charge in [0.05, 0.1) is 22.8 Å². The number of hydrogen-bond donors (Lipinski definition) is 3. The average Bonchev–Trinajstić information content (AvgIpc) is 3.10. The molecule has 3 heterocycles. The second kappa shape index (κ2) is 8.39. The third-order valence-corrected chi connectivity index (χ3v) is 5.51. The summed E-state index contributed by atoms with van der Waals surface area (Å²) in [5, 5.41) is 13.8. The number of fused-ring (bicyclic) bond motifs is 1. The van der Waals surface area contributed by atoms with Crippen molar-refractivity contribution in [1.82, 2.24) is 20.3 Å². The smallest absolute Gasteiger partial charge is 0.220 e. The number of anilines is 1. The van der Waals surface area contributed by atoms with Crippen LogP contribution in [0.4, 0.5) is 10.2 Å². The third-order valence-electron chi connectivity index (χ3n) is 5.51. The SMILES string of the molecule is Cc1nc2ccc(CCC(=O)NCC3(O)CCCN(c4ccc(F)cn4)C3)cc2[nH]1. The largest absolute Gasteiger partial charge is 0.386 e. The molecule has 0 radical (unpaired) electrons. The van der Waals surface area contributed by atoms with Crippen molar-refractivity contribution in [3.8, 4) is 0 Å². The Kier molecular flexibility index (Phi) is 5.67. The van der Waals surface area contributed by atoms with Crippen molar-refractivity contribution in [2.75, 3.05) is 24.5 Å². The number of aliphatic hydroxyl groups is 1. The number of halogens is 1. The Hall–Kier alpha value is -3.00. The van der Waals surface area contributed by atoms with E-state index in [1.807, 2.05) is 30.0 Å². The zero-order chi connectivity index (χ0) is 21.1. The number of amides is 1. The fraction of sp³-hybridized carbons (Fsp3) is 0.409. The minimum atomic E-state index is -1.03. The fourth-order valence-electron chi connectivity index (χ4n) is 3.96. The monoisotopic (exact) mass is 411 g/mol. The van der Waals surface area contributed by atoms with Gasteiger partial charge in [0.15, 0.2) is 0 Å². The fourth-order valence-corrected chi connectivity index (χ4v) is 3.96. The van der Waals surface area contributed by atoms with Crippen LogP contribution < -0.4 is 10.2 Å². The van der Waals surface area contributed by atoms with Crippen LogP contribution in [0.5, 0.6) is 0 Å². The van der Waals surface area contributed by atoms with Crippen molar-refractivity contribution in [3.63, 3.8) is 0 Å². The van der Waals surface area contributed by atoms with Gasteiger partial charge >= 0.3 is 0 Å². The minimum absolute atomic E-state index is 0.0960. The second-order valence-electron chi connectivity index (χ2n) is 8.03. The molecule has 1 amide bonds. The number of piperidine rings is 1. The van der Waals surface area contributed by atoms with Crippen LogP contribution in [-0.4, -0.2) is 51.2 Å². The van der Waals surface area contributed by atoms with E-state index in [1.54, 1.807) is 6.07 Å². The zero-order valence-electron chi connectivity index (χ0n) is 17.0. The molecule has 1 saturated heterocycles. The van der Waals surface area contributed by atoms with Crippen molar-refractivity contribution >= 4 is 22.8 Å². The summed E-state index contributed by atoms with van der Waals surface area (Å²) in [5.41, 5.74) is 1.92. The molecule has 1 unspecified atom stereocenters. The van der Waals surface area contributed by atoms with Crippen LogP contribution in [0.2, 0.25) is 0 Å². The maximum Gasteiger partial charge on any atom is 0.220 e. The first-order valence-electron chi connectivity index (χ1n) is 10.2. The van der Waals surface area contributed by atoms with Gasteiger partial charge in [-0.15, -0.1) is 0 Å². The molecule has 7 nitrogen and oxygen atoms in total. The lowest BCUT2D eigenvalue weighted by molar-refractivity contribution is -0.122. The van der Waals surface area contributed by atoms with Crippen LogP contribution in [0.25, 0.3) is 11.0 Å². The summed E-state index contributed by atoms with van der Waals surface area (Å²) in [6.45, 7) is 3.19. The van der Waals surface area contributed by atoms with Gasteiger partial charge < -0.3 is 20.3 Å². The number of aromatic amines is 1. The van der Waals surface area contributed by atoms with Gasteiger partial charge in [0, 0.05) is 26.1 Å². The van der Waals surface area contributed by atoms with E-state index in [0.29, 0.717) is 31.6 Å². The zero-order valence-corrected chi connectivity index (χ0v) is 17.0. The quantitative estimate of drug-likeness (QED) is 0.579. The maximum absolute atomic E-state index is 13.1. The van der Waals surface area contributed by atoms with Gasteiger partial charge in [0.25, 0.3) is 0 Å². The molecule has 1 aromatic carbocycles. The summed E-state index contributed by atoms with van der Waals surface area (Å²) in [4.78, 5) is 26.0. The molecule has 2 aromatic heterocycles. The van der Waals surface area contributed by atoms with E-state index in [4.69, 9.17) is 0 Å². The second-order valence-corrected chi connectivity index (χ2v) is 8.03. The number of β-amino-alcohol motifs (C(OH)–C–C–N with tert-alkyl or cyclic N) is 1. The highest BCUT2D eigenvalue weighted by Crippen LogP contribution is 2.24. The molecule has 1 atom stereocenters. The van der Waals surface area contributed by atoms with Crippen molar-refractivity contribution in [1.29, 1.82) is 0 Å². The van der Waals surface area contributed by atoms with Crippen molar-refractivity contribution < 1.29 is 14.3 Å². The molecule has 1 aliphatic rings. The van der Waals surface area contributed by atoms with Gasteiger partial charge in [-0.05, 0) is 56.0 Å². The number of aryl methyl sites for hydroxylation is 2. The first-order chi connectivity index (χ1) is 14.4. The van der Waals surface area contributed by atoms with Gasteiger partial charge in [-0.2, -0.15) is 0 Å². The van der Waals surface area contributed by atoms with Crippen molar-refractivity contribution in [2.45, 2.75) is 38.2 Å². The Morgan fingerprint density at radius 2 is 2.23 bits per heavy atom. The molecule has 0 aliphatic carbocycles. The van der Waals surface area contributed by atoms with E-state index >= 15 is 0 Å². The summed E-state index contributed by atoms with van der Waals surface area (Å²) in [6, 6.07) is 8.93. The number of pyridine rings is 1. The number of imidazole rings is 1. The normalized spacial score (nSPS) is 19.2. The van der Waals surface area contributed by atoms with Crippen LogP contribution in [-0.2, 0) is 11.2 Å². The number of nitrogens with one attached hydrogen (secondary N) is 2. The van der Waals surface area contributed by atoms with E-state index in [-0.39, 0.29) is 18.3 Å². The molecule has 1 fully saturated rings. The number of carbonyl (C=O) groups excluding carboxylic acids is 1. The molecule has 0 bridgehead atoms. The first-order valence-corrected chi connectivity index (χ1v) is 10.2. The molecular weight excluding hydrogens is 385 g/mol. The summed E-state index contributed by atoms with van der Waals surface area (Å²) in [5.74, 6) is 1.01. The highest BCUT2D eigenvalue weighted by Gasteiger charge is 2.34. The lowest BCUT2D eigenvalue weighted by atomic mass is 9.92. The van der Waals surface area contributed by atoms with Crippen molar-refractivity contribution in [2.24, 2.45) is 0 Å². The third kappa shape index (κ3) is 4.76. The van der Waals surface area contributed by atoms with Crippen molar-refractivity contribution in [3.05, 3.63) is 53.7 Å². The van der Waals surface area contributed by atoms with E-state index < -0.39 is 5.60 Å². The predicted octanol–water partition coefficient (Wildman–Crippen LogP) is 2.49. The molecule has 30 heavy (non-hydrogen) atoms. The molecule has 1 aliphatic heterocycles. The van der Waals surface area contributed by atoms with E-state index in [0.717, 1.165) is 35.4 Å². The standard InChI is InChI=1S/C22H26FN5O2/c1-15-26-18-6-3-16(11-19(18)27-15)4-8-21(29)25-13-22(30)9-2-10-28(14-22)20-7-5-17(23)12-24-20/h3,5-7,11-12,30H,2,4,8-10,13-14H2,1H3,(H,25,29)(H,26,27). The van der Waals surface area contributed by atoms with Crippen LogP contribution in [0.3, 0.4) is 0 Å². The van der Waals surface area contributed by atoms with Crippen LogP contribution in [0.1, 0.15) is 30.7 Å². The molecule has 0 saturated carbocycles. The van der Waals surface area contributed by atoms with E-state index in [9.17, 15) is 14.3 Å². The van der Waals surface area contributed by atoms with E-state index in [1.165, 1.54) is 12.3 Å². The molecule has 3 N–H and O–H groups in total. The maximum atomic E-state index is 13.1. The highest BCUT2D eigenvalue weighted by atomic mass is 19.1. The number of H-pyrrole nitrogens is 1. The van der Waals surface area contributed by atoms with Gasteiger partial charge in [-0.3, -0.25) is 4.79 Å². The Morgan fingerprint density at radius 3 is 3.03 bits per heavy atom. The topological polar surface area (TPSA) is 94.1 Å². The Labute approximate surface area is 174 Å². The number of nitrogens with zero attached hydrogens (tertiary/aromatic N) is 3. The Balaban J connectivity index is 1.29. The Morgan fingerprint density at radius 1 is 1.37 bits per heavy atom. The van der Waals surface area contributed by atoms with Crippen LogP contribution >= 0.6 is 0 Å². The summed E-state index contributed by atoms with van der Waals surface area (Å²) < 4.78 is 13.1. The number of benzene rings is 1. The first kappa shape index (κ1) is 20.3. The molecule has 8 heteroatoms. The lowest BCUT2D eigenvalue weighted by Gasteiger charge is -2.39. The minimum Gasteiger partial charge on any atom is -0.386 e. The predicted molar refractivity (Wildman–Crippen MR) is 113 cm³/mol. The molecular formula is C22H26FN5O2. The summed E-state index contributed by atoms with van der Waals surface area (Å²) >= 11 is 0. The van der Waals surface area contributed by atoms with Crippen LogP contribution in [0.15, 0.2) is 36.5 Å². The van der Waals surface area contributed by atoms with Gasteiger partial charge in [-0.1, -0.05) is 6.07 Å².